The van der Waals surface area contributed by atoms with Gasteiger partial charge < -0.3 is 4.90 Å². The van der Waals surface area contributed by atoms with Crippen LogP contribution >= 0.6 is 11.8 Å². The van der Waals surface area contributed by atoms with Crippen LogP contribution in [0.15, 0.2) is 46.2 Å². The van der Waals surface area contributed by atoms with Crippen molar-refractivity contribution in [3.63, 3.8) is 0 Å². The van der Waals surface area contributed by atoms with Crippen LogP contribution in [0.4, 0.5) is 11.4 Å². The zero-order valence-corrected chi connectivity index (χ0v) is 17.7. The van der Waals surface area contributed by atoms with Gasteiger partial charge in [-0.25, -0.2) is 0 Å². The molecule has 0 radical (unpaired) electrons. The van der Waals surface area contributed by atoms with E-state index in [0.717, 1.165) is 0 Å². The van der Waals surface area contributed by atoms with Crippen LogP contribution in [0.3, 0.4) is 0 Å². The minimum absolute atomic E-state index is 0.172. The molecule has 0 saturated carbocycles. The summed E-state index contributed by atoms with van der Waals surface area (Å²) in [5.41, 5.74) is 5.82. The Balaban J connectivity index is 2.15. The van der Waals surface area contributed by atoms with Crippen LogP contribution in [0.1, 0.15) is 59.6 Å². The van der Waals surface area contributed by atoms with E-state index >= 15 is 0 Å². The molecule has 0 spiro atoms. The van der Waals surface area contributed by atoms with Gasteiger partial charge in [-0.15, -0.1) is 0 Å². The summed E-state index contributed by atoms with van der Waals surface area (Å²) in [4.78, 5) is 5.24. The molecule has 1 aliphatic heterocycles. The molecule has 2 aromatic carbocycles. The molecule has 1 nitrogen and oxygen atoms in total. The van der Waals surface area contributed by atoms with Gasteiger partial charge in [0.2, 0.25) is 0 Å². The predicted molar refractivity (Wildman–Crippen MR) is 115 cm³/mol. The Labute approximate surface area is 158 Å². The molecule has 0 aliphatic carbocycles. The second-order valence-corrected chi connectivity index (χ2v) is 10.5. The maximum absolute atomic E-state index is 2.49. The summed E-state index contributed by atoms with van der Waals surface area (Å²) >= 11 is 1.92. The maximum Gasteiger partial charge on any atom is 0.130 e. The Morgan fingerprint density at radius 1 is 0.800 bits per heavy atom. The second-order valence-electron chi connectivity index (χ2n) is 9.43. The van der Waals surface area contributed by atoms with E-state index in [1.165, 1.54) is 32.3 Å². The Kier molecular flexibility index (Phi) is 4.52. The zero-order chi connectivity index (χ0) is 18.6. The number of hydrogen-bond acceptors (Lipinski definition) is 2. The van der Waals surface area contributed by atoms with E-state index in [1.54, 1.807) is 0 Å². The zero-order valence-electron chi connectivity index (χ0n) is 16.9. The fourth-order valence-electron chi connectivity index (χ4n) is 3.33. The van der Waals surface area contributed by atoms with Gasteiger partial charge in [0, 0.05) is 9.79 Å². The van der Waals surface area contributed by atoms with Crippen molar-refractivity contribution in [1.82, 2.24) is 0 Å². The van der Waals surface area contributed by atoms with Gasteiger partial charge >= 0.3 is 0 Å². The topological polar surface area (TPSA) is 3.24 Å². The fraction of sp³-hybridized carbons (Fsp3) is 0.455. The highest BCUT2D eigenvalue weighted by Crippen LogP contribution is 2.50. The first-order valence-corrected chi connectivity index (χ1v) is 10.1. The molecule has 25 heavy (non-hydrogen) atoms. The van der Waals surface area contributed by atoms with Crippen LogP contribution in [0.5, 0.6) is 0 Å². The van der Waals surface area contributed by atoms with E-state index < -0.39 is 0 Å². The molecular formula is C22H30BNS. The molecular weight excluding hydrogens is 321 g/mol. The van der Waals surface area contributed by atoms with Gasteiger partial charge in [-0.05, 0) is 52.2 Å². The molecule has 1 atom stereocenters. The SMILES string of the molecule is BC(C)N1c2ccc(C(C)(C)C)cc2Sc2cc(C(C)(C)C)ccc21. The van der Waals surface area contributed by atoms with E-state index in [9.17, 15) is 0 Å². The monoisotopic (exact) mass is 351 g/mol. The van der Waals surface area contributed by atoms with Crippen LogP contribution in [0.2, 0.25) is 0 Å². The summed E-state index contributed by atoms with van der Waals surface area (Å²) in [5.74, 6) is 0.430. The van der Waals surface area contributed by atoms with Gasteiger partial charge in [0.1, 0.15) is 7.85 Å². The van der Waals surface area contributed by atoms with E-state index in [2.05, 4.69) is 97.6 Å². The Hall–Kier alpha value is -1.35. The van der Waals surface area contributed by atoms with Crippen LogP contribution < -0.4 is 4.90 Å². The first-order chi connectivity index (χ1) is 11.5. The quantitative estimate of drug-likeness (QED) is 0.592. The summed E-state index contributed by atoms with van der Waals surface area (Å²) in [6, 6.07) is 14.0. The molecule has 2 aromatic rings. The molecule has 0 saturated heterocycles. The van der Waals surface area contributed by atoms with Gasteiger partial charge in [0.15, 0.2) is 0 Å². The van der Waals surface area contributed by atoms with Gasteiger partial charge in [-0.2, -0.15) is 0 Å². The highest BCUT2D eigenvalue weighted by molar-refractivity contribution is 7.99. The van der Waals surface area contributed by atoms with Crippen molar-refractivity contribution in [2.24, 2.45) is 0 Å². The lowest BCUT2D eigenvalue weighted by Gasteiger charge is -2.37. The summed E-state index contributed by atoms with van der Waals surface area (Å²) in [5, 5.41) is 0. The lowest BCUT2D eigenvalue weighted by atomic mass is 9.86. The van der Waals surface area contributed by atoms with Gasteiger partial charge in [0.25, 0.3) is 0 Å². The van der Waals surface area contributed by atoms with Crippen molar-refractivity contribution >= 4 is 31.0 Å². The van der Waals surface area contributed by atoms with E-state index in [-0.39, 0.29) is 10.8 Å². The molecule has 1 unspecified atom stereocenters. The van der Waals surface area contributed by atoms with Crippen LogP contribution in [-0.4, -0.2) is 13.8 Å². The van der Waals surface area contributed by atoms with Crippen molar-refractivity contribution in [3.05, 3.63) is 47.5 Å². The molecule has 3 heteroatoms. The third kappa shape index (κ3) is 3.49. The highest BCUT2D eigenvalue weighted by Gasteiger charge is 2.28. The normalized spacial score (nSPS) is 15.6. The van der Waals surface area contributed by atoms with Crippen molar-refractivity contribution in [2.75, 3.05) is 4.90 Å². The van der Waals surface area contributed by atoms with Crippen LogP contribution in [-0.2, 0) is 10.8 Å². The molecule has 3 rings (SSSR count). The summed E-state index contributed by atoms with van der Waals surface area (Å²) in [7, 11) is 2.28. The average Bonchev–Trinajstić information content (AvgIpc) is 2.49. The smallest absolute Gasteiger partial charge is 0.130 e. The Morgan fingerprint density at radius 3 is 1.52 bits per heavy atom. The molecule has 0 amide bonds. The van der Waals surface area contributed by atoms with Crippen molar-refractivity contribution in [1.29, 1.82) is 0 Å². The van der Waals surface area contributed by atoms with Gasteiger partial charge in [-0.1, -0.05) is 72.4 Å². The Morgan fingerprint density at radius 2 is 1.20 bits per heavy atom. The molecule has 1 heterocycles. The molecule has 0 bridgehead atoms. The number of benzene rings is 2. The number of nitrogens with zero attached hydrogens (tertiary/aromatic N) is 1. The van der Waals surface area contributed by atoms with Crippen molar-refractivity contribution in [3.8, 4) is 0 Å². The lowest BCUT2D eigenvalue weighted by Crippen LogP contribution is -2.31. The number of anilines is 2. The summed E-state index contributed by atoms with van der Waals surface area (Å²) in [6.45, 7) is 16.0. The number of hydrogen-bond donors (Lipinski definition) is 0. The number of rotatable bonds is 1. The lowest BCUT2D eigenvalue weighted by molar-refractivity contribution is 0.588. The van der Waals surface area contributed by atoms with E-state index in [0.29, 0.717) is 5.94 Å². The first kappa shape index (κ1) is 18.4. The van der Waals surface area contributed by atoms with E-state index in [4.69, 9.17) is 0 Å². The Bertz CT molecular complexity index is 733. The summed E-state index contributed by atoms with van der Waals surface area (Å²) in [6.07, 6.45) is 0. The van der Waals surface area contributed by atoms with Gasteiger partial charge in [-0.3, -0.25) is 0 Å². The minimum atomic E-state index is 0.172. The van der Waals surface area contributed by atoms with Crippen molar-refractivity contribution < 1.29 is 0 Å². The highest BCUT2D eigenvalue weighted by atomic mass is 32.2. The first-order valence-electron chi connectivity index (χ1n) is 9.24. The fourth-order valence-corrected chi connectivity index (χ4v) is 4.48. The van der Waals surface area contributed by atoms with E-state index in [1.807, 2.05) is 11.8 Å². The average molecular weight is 351 g/mol. The molecule has 1 aliphatic rings. The maximum atomic E-state index is 2.49. The van der Waals surface area contributed by atoms with Crippen LogP contribution in [0, 0.1) is 0 Å². The molecule has 0 aromatic heterocycles. The predicted octanol–water partition coefficient (Wildman–Crippen LogP) is 5.86. The largest absolute Gasteiger partial charge is 0.345 e. The number of fused-ring (bicyclic) bond motifs is 2. The van der Waals surface area contributed by atoms with Crippen molar-refractivity contribution in [2.45, 2.75) is 75.0 Å². The molecule has 0 fully saturated rings. The second kappa shape index (κ2) is 6.12. The molecule has 132 valence electrons. The standard InChI is InChI=1S/C22H30BNS/c1-14(23)24-17-10-8-15(21(2,3)4)12-19(17)25-20-13-16(22(5,6)7)9-11-18(20)24/h8-14H,23H2,1-7H3. The molecule has 0 N–H and O–H groups in total. The third-order valence-electron chi connectivity index (χ3n) is 4.91. The third-order valence-corrected chi connectivity index (χ3v) is 6.00. The van der Waals surface area contributed by atoms with Gasteiger partial charge in [0.05, 0.1) is 11.4 Å². The van der Waals surface area contributed by atoms with Crippen LogP contribution in [0.25, 0.3) is 0 Å². The summed E-state index contributed by atoms with van der Waals surface area (Å²) < 4.78 is 0. The minimum Gasteiger partial charge on any atom is -0.345 e.